The Hall–Kier alpha value is -2.34. The van der Waals surface area contributed by atoms with E-state index in [-0.39, 0.29) is 11.0 Å². The van der Waals surface area contributed by atoms with Crippen LogP contribution in [0.4, 0.5) is 0 Å². The Morgan fingerprint density at radius 2 is 1.92 bits per heavy atom. The summed E-state index contributed by atoms with van der Waals surface area (Å²) in [4.78, 5) is 22.6. The Morgan fingerprint density at radius 1 is 1.21 bits per heavy atom. The van der Waals surface area contributed by atoms with Gasteiger partial charge in [-0.2, -0.15) is 0 Å². The normalized spacial score (nSPS) is 11.8. The Bertz CT molecular complexity index is 879. The molecule has 0 aliphatic heterocycles. The van der Waals surface area contributed by atoms with Crippen LogP contribution in [0.5, 0.6) is 0 Å². The number of aromatic amines is 1. The maximum Gasteiger partial charge on any atom is 0.339 e. The summed E-state index contributed by atoms with van der Waals surface area (Å²) in [6, 6.07) is 8.56. The number of hydrogen-bond donors (Lipinski definition) is 2. The maximum absolute atomic E-state index is 11.2. The lowest BCUT2D eigenvalue weighted by Crippen LogP contribution is -2.10. The van der Waals surface area contributed by atoms with Crippen molar-refractivity contribution < 1.29 is 9.90 Å². The number of nitrogens with zero attached hydrogens (tertiary/aromatic N) is 2. The average molecular weight is 341 g/mol. The van der Waals surface area contributed by atoms with E-state index in [4.69, 9.17) is 0 Å². The number of carbonyl (C=O) groups is 1. The fourth-order valence-corrected chi connectivity index (χ4v) is 3.35. The van der Waals surface area contributed by atoms with Gasteiger partial charge < -0.3 is 10.1 Å². The van der Waals surface area contributed by atoms with E-state index in [1.165, 1.54) is 23.7 Å². The van der Waals surface area contributed by atoms with E-state index in [1.54, 1.807) is 11.8 Å². The molecule has 2 heterocycles. The molecule has 24 heavy (non-hydrogen) atoms. The largest absolute Gasteiger partial charge is 0.478 e. The summed E-state index contributed by atoms with van der Waals surface area (Å²) < 4.78 is 0. The van der Waals surface area contributed by atoms with Crippen molar-refractivity contribution in [2.45, 2.75) is 37.0 Å². The highest BCUT2D eigenvalue weighted by Crippen LogP contribution is 2.29. The molecule has 0 saturated carbocycles. The Labute approximate surface area is 144 Å². The predicted molar refractivity (Wildman–Crippen MR) is 95.6 cm³/mol. The monoisotopic (exact) mass is 341 g/mol. The third-order valence-electron chi connectivity index (χ3n) is 3.85. The van der Waals surface area contributed by atoms with E-state index < -0.39 is 5.97 Å². The summed E-state index contributed by atoms with van der Waals surface area (Å²) >= 11 is 1.55. The molecule has 6 heteroatoms. The molecule has 0 aliphatic rings. The van der Waals surface area contributed by atoms with Crippen LogP contribution in [0.3, 0.4) is 0 Å². The molecule has 0 aliphatic carbocycles. The Morgan fingerprint density at radius 3 is 2.54 bits per heavy atom. The van der Waals surface area contributed by atoms with Gasteiger partial charge in [0.15, 0.2) is 0 Å². The number of pyridine rings is 1. The van der Waals surface area contributed by atoms with Crippen LogP contribution in [0, 0.1) is 0 Å². The van der Waals surface area contributed by atoms with Crippen LogP contribution >= 0.6 is 11.8 Å². The van der Waals surface area contributed by atoms with Gasteiger partial charge in [0, 0.05) is 11.9 Å². The van der Waals surface area contributed by atoms with Crippen LogP contribution in [0.1, 0.15) is 42.3 Å². The molecule has 1 aromatic carbocycles. The summed E-state index contributed by atoms with van der Waals surface area (Å²) in [7, 11) is 0. The van der Waals surface area contributed by atoms with E-state index in [0.717, 1.165) is 10.8 Å². The highest BCUT2D eigenvalue weighted by Gasteiger charge is 2.16. The van der Waals surface area contributed by atoms with E-state index >= 15 is 0 Å². The van der Waals surface area contributed by atoms with Crippen LogP contribution in [-0.4, -0.2) is 26.0 Å². The molecular weight excluding hydrogens is 322 g/mol. The molecular formula is C18H19N3O2S. The number of carboxylic acid groups (broad SMARTS) is 1. The van der Waals surface area contributed by atoms with Gasteiger partial charge in [0.1, 0.15) is 16.1 Å². The smallest absolute Gasteiger partial charge is 0.339 e. The van der Waals surface area contributed by atoms with Crippen LogP contribution in [0.2, 0.25) is 0 Å². The summed E-state index contributed by atoms with van der Waals surface area (Å²) in [5.74, 6) is -0.253. The molecule has 2 aromatic heterocycles. The number of aromatic nitrogens is 3. The fourth-order valence-electron chi connectivity index (χ4n) is 2.43. The maximum atomic E-state index is 11.2. The number of H-pyrrole nitrogens is 1. The summed E-state index contributed by atoms with van der Waals surface area (Å²) in [6.45, 7) is 6.58. The Kier molecular flexibility index (Phi) is 4.32. The van der Waals surface area contributed by atoms with Crippen molar-refractivity contribution >= 4 is 28.8 Å². The molecule has 2 N–H and O–H groups in total. The van der Waals surface area contributed by atoms with Crippen molar-refractivity contribution in [1.82, 2.24) is 15.0 Å². The lowest BCUT2D eigenvalue weighted by atomic mass is 9.87. The second kappa shape index (κ2) is 6.28. The number of fused-ring (bicyclic) bond motifs is 1. The van der Waals surface area contributed by atoms with Gasteiger partial charge in [-0.25, -0.2) is 14.8 Å². The molecule has 0 unspecified atom stereocenters. The van der Waals surface area contributed by atoms with Crippen LogP contribution < -0.4 is 0 Å². The molecule has 0 radical (unpaired) electrons. The molecule has 3 rings (SSSR count). The summed E-state index contributed by atoms with van der Waals surface area (Å²) in [5, 5.41) is 9.93. The first kappa shape index (κ1) is 16.5. The first-order chi connectivity index (χ1) is 11.4. The van der Waals surface area contributed by atoms with Gasteiger partial charge in [-0.3, -0.25) is 0 Å². The molecule has 5 nitrogen and oxygen atoms in total. The third-order valence-corrected chi connectivity index (χ3v) is 4.90. The van der Waals surface area contributed by atoms with Crippen molar-refractivity contribution in [2.75, 3.05) is 0 Å². The van der Waals surface area contributed by atoms with Crippen molar-refractivity contribution in [3.8, 4) is 0 Å². The first-order valence-electron chi connectivity index (χ1n) is 7.64. The first-order valence-corrected chi connectivity index (χ1v) is 8.62. The highest BCUT2D eigenvalue weighted by molar-refractivity contribution is 7.98. The van der Waals surface area contributed by atoms with Crippen molar-refractivity contribution in [1.29, 1.82) is 0 Å². The van der Waals surface area contributed by atoms with E-state index in [1.807, 2.05) is 0 Å². The number of imidazole rings is 1. The van der Waals surface area contributed by atoms with Gasteiger partial charge in [-0.05, 0) is 16.5 Å². The van der Waals surface area contributed by atoms with Gasteiger partial charge >= 0.3 is 5.97 Å². The number of hydrogen-bond acceptors (Lipinski definition) is 4. The fraction of sp³-hybridized carbons (Fsp3) is 0.278. The van der Waals surface area contributed by atoms with Crippen LogP contribution in [0.25, 0.3) is 11.0 Å². The minimum absolute atomic E-state index is 0.140. The zero-order valence-electron chi connectivity index (χ0n) is 13.8. The zero-order chi connectivity index (χ0) is 17.3. The topological polar surface area (TPSA) is 78.9 Å². The van der Waals surface area contributed by atoms with Gasteiger partial charge in [0.25, 0.3) is 0 Å². The van der Waals surface area contributed by atoms with Crippen molar-refractivity contribution in [3.63, 3.8) is 0 Å². The number of aromatic carboxylic acids is 1. The number of carboxylic acids is 1. The lowest BCUT2D eigenvalue weighted by molar-refractivity contribution is 0.0698. The SMILES string of the molecule is CC(C)(C)c1ccc(CSc2ncc(C(=O)O)c3[nH]cnc23)cc1. The zero-order valence-corrected chi connectivity index (χ0v) is 14.6. The summed E-state index contributed by atoms with van der Waals surface area (Å²) in [6.07, 6.45) is 2.88. The Balaban J connectivity index is 1.80. The molecule has 0 amide bonds. The second-order valence-electron chi connectivity index (χ2n) is 6.64. The van der Waals surface area contributed by atoms with E-state index in [9.17, 15) is 9.90 Å². The molecule has 0 spiro atoms. The number of nitrogens with one attached hydrogen (secondary N) is 1. The van der Waals surface area contributed by atoms with Crippen LogP contribution in [-0.2, 0) is 11.2 Å². The van der Waals surface area contributed by atoms with Gasteiger partial charge in [0.05, 0.1) is 11.8 Å². The molecule has 124 valence electrons. The molecule has 0 atom stereocenters. The standard InChI is InChI=1S/C18H19N3O2S/c1-18(2,3)12-6-4-11(5-7-12)9-24-16-15-14(20-10-21-15)13(8-19-16)17(22)23/h4-8,10H,9H2,1-3H3,(H,20,21)(H,22,23). The average Bonchev–Trinajstić information content (AvgIpc) is 3.01. The minimum atomic E-state index is -1.01. The van der Waals surface area contributed by atoms with Crippen LogP contribution in [0.15, 0.2) is 41.8 Å². The third kappa shape index (κ3) is 3.28. The van der Waals surface area contributed by atoms with Gasteiger partial charge in [0.2, 0.25) is 0 Å². The quantitative estimate of drug-likeness (QED) is 0.694. The molecule has 0 bridgehead atoms. The molecule has 0 fully saturated rings. The van der Waals surface area contributed by atoms with E-state index in [0.29, 0.717) is 11.0 Å². The van der Waals surface area contributed by atoms with Gasteiger partial charge in [-0.1, -0.05) is 56.8 Å². The predicted octanol–water partition coefficient (Wildman–Crippen LogP) is 4.25. The van der Waals surface area contributed by atoms with Crippen molar-refractivity contribution in [2.24, 2.45) is 0 Å². The lowest BCUT2D eigenvalue weighted by Gasteiger charge is -2.19. The van der Waals surface area contributed by atoms with E-state index in [2.05, 4.69) is 60.0 Å². The van der Waals surface area contributed by atoms with Gasteiger partial charge in [-0.15, -0.1) is 0 Å². The molecule has 0 saturated heterocycles. The number of benzene rings is 1. The number of thioether (sulfide) groups is 1. The minimum Gasteiger partial charge on any atom is -0.478 e. The second-order valence-corrected chi connectivity index (χ2v) is 7.61. The molecule has 3 aromatic rings. The summed E-state index contributed by atoms with van der Waals surface area (Å²) in [5.41, 5.74) is 3.90. The highest BCUT2D eigenvalue weighted by atomic mass is 32.2. The van der Waals surface area contributed by atoms with Crippen molar-refractivity contribution in [3.05, 3.63) is 53.5 Å². The number of rotatable bonds is 4.